The van der Waals surface area contributed by atoms with Gasteiger partial charge in [-0.3, -0.25) is 0 Å². The van der Waals surface area contributed by atoms with Gasteiger partial charge in [-0.25, -0.2) is 0 Å². The van der Waals surface area contributed by atoms with Gasteiger partial charge in [0.2, 0.25) is 0 Å². The summed E-state index contributed by atoms with van der Waals surface area (Å²) in [5.41, 5.74) is 7.51. The van der Waals surface area contributed by atoms with Crippen molar-refractivity contribution in [2.75, 3.05) is 7.11 Å². The third-order valence-electron chi connectivity index (χ3n) is 3.78. The number of ether oxygens (including phenoxy) is 1. The first kappa shape index (κ1) is 14.2. The van der Waals surface area contributed by atoms with Crippen LogP contribution in [-0.2, 0) is 0 Å². The van der Waals surface area contributed by atoms with Crippen molar-refractivity contribution >= 4 is 23.2 Å². The van der Waals surface area contributed by atoms with Gasteiger partial charge in [0.25, 0.3) is 0 Å². The number of hydrogen-bond acceptors (Lipinski definition) is 2. The van der Waals surface area contributed by atoms with Gasteiger partial charge in [0.05, 0.1) is 7.11 Å². The maximum Gasteiger partial charge on any atom is 0.119 e. The van der Waals surface area contributed by atoms with Crippen LogP contribution < -0.4 is 10.5 Å². The zero-order chi connectivity index (χ0) is 12.5. The summed E-state index contributed by atoms with van der Waals surface area (Å²) in [6, 6.07) is 12.8. The molecule has 2 N–H and O–H groups in total. The lowest BCUT2D eigenvalue weighted by molar-refractivity contribution is 0.415. The number of methoxy groups -OCH3 is 1. The number of hydrogen-bond donors (Lipinski definition) is 1. The van der Waals surface area contributed by atoms with E-state index in [-0.39, 0.29) is 18.4 Å². The van der Waals surface area contributed by atoms with Crippen molar-refractivity contribution < 1.29 is 4.74 Å². The van der Waals surface area contributed by atoms with E-state index in [2.05, 4.69) is 30.3 Å². The number of fused-ring (bicyclic) bond motifs is 1. The van der Waals surface area contributed by atoms with Crippen LogP contribution in [0.3, 0.4) is 0 Å². The van der Waals surface area contributed by atoms with Crippen LogP contribution in [0.5, 0.6) is 5.75 Å². The van der Waals surface area contributed by atoms with E-state index in [1.807, 2.05) is 6.07 Å². The molecule has 1 fully saturated rings. The van der Waals surface area contributed by atoms with E-state index in [0.29, 0.717) is 0 Å². The minimum Gasteiger partial charge on any atom is -0.497 e. The Kier molecular flexibility index (Phi) is 4.33. The van der Waals surface area contributed by atoms with Crippen LogP contribution in [0.15, 0.2) is 36.4 Å². The lowest BCUT2D eigenvalue weighted by Gasteiger charge is -2.12. The Hall–Kier alpha value is -1.25. The molecule has 1 aliphatic carbocycles. The van der Waals surface area contributed by atoms with E-state index in [4.69, 9.17) is 10.5 Å². The fraction of sp³-hybridized carbons (Fsp3) is 0.375. The van der Waals surface area contributed by atoms with Crippen LogP contribution in [0.25, 0.3) is 10.8 Å². The Morgan fingerprint density at radius 2 is 1.84 bits per heavy atom. The predicted octanol–water partition coefficient (Wildman–Crippen LogP) is 4.07. The van der Waals surface area contributed by atoms with Gasteiger partial charge in [-0.1, -0.05) is 31.0 Å². The molecule has 2 aromatic carbocycles. The Morgan fingerprint density at radius 3 is 2.53 bits per heavy atom. The minimum absolute atomic E-state index is 0. The average molecular weight is 278 g/mol. The first-order chi connectivity index (χ1) is 8.76. The molecule has 1 aliphatic rings. The molecule has 1 saturated carbocycles. The highest BCUT2D eigenvalue weighted by Gasteiger charge is 2.24. The summed E-state index contributed by atoms with van der Waals surface area (Å²) in [6.07, 6.45) is 3.85. The van der Waals surface area contributed by atoms with E-state index in [1.165, 1.54) is 29.2 Å². The van der Waals surface area contributed by atoms with Crippen molar-refractivity contribution in [3.05, 3.63) is 42.0 Å². The zero-order valence-electron chi connectivity index (χ0n) is 11.1. The largest absolute Gasteiger partial charge is 0.497 e. The Bertz CT molecular complexity index is 566. The van der Waals surface area contributed by atoms with E-state index in [1.54, 1.807) is 7.11 Å². The monoisotopic (exact) mass is 277 g/mol. The topological polar surface area (TPSA) is 35.2 Å². The Labute approximate surface area is 120 Å². The summed E-state index contributed by atoms with van der Waals surface area (Å²) in [5.74, 6) is 1.77. The van der Waals surface area contributed by atoms with Crippen LogP contribution in [-0.4, -0.2) is 7.11 Å². The molecule has 102 valence electrons. The molecule has 3 heteroatoms. The molecule has 0 unspecified atom stereocenters. The molecule has 3 rings (SSSR count). The van der Waals surface area contributed by atoms with Crippen molar-refractivity contribution in [2.24, 2.45) is 11.7 Å². The number of halogens is 1. The fourth-order valence-corrected chi connectivity index (χ4v) is 2.45. The summed E-state index contributed by atoms with van der Waals surface area (Å²) in [6.45, 7) is 0. The SMILES string of the molecule is COc1ccc2cc([C@@H](N)CC3CC3)ccc2c1.Cl. The lowest BCUT2D eigenvalue weighted by atomic mass is 9.99. The maximum atomic E-state index is 6.26. The molecule has 0 heterocycles. The third-order valence-corrected chi connectivity index (χ3v) is 3.78. The number of benzene rings is 2. The second kappa shape index (κ2) is 5.81. The lowest BCUT2D eigenvalue weighted by Crippen LogP contribution is -2.10. The van der Waals surface area contributed by atoms with Gasteiger partial charge in [-0.15, -0.1) is 12.4 Å². The smallest absolute Gasteiger partial charge is 0.119 e. The van der Waals surface area contributed by atoms with Crippen molar-refractivity contribution in [1.29, 1.82) is 0 Å². The fourth-order valence-electron chi connectivity index (χ4n) is 2.45. The number of rotatable bonds is 4. The second-order valence-electron chi connectivity index (χ2n) is 5.26. The molecule has 0 bridgehead atoms. The minimum atomic E-state index is 0. The summed E-state index contributed by atoms with van der Waals surface area (Å²) in [5, 5.41) is 2.44. The molecular formula is C16H20ClNO. The predicted molar refractivity (Wildman–Crippen MR) is 82.0 cm³/mol. The van der Waals surface area contributed by atoms with Crippen molar-refractivity contribution in [1.82, 2.24) is 0 Å². The van der Waals surface area contributed by atoms with E-state index in [0.717, 1.165) is 18.1 Å². The van der Waals surface area contributed by atoms with Crippen LogP contribution in [0, 0.1) is 5.92 Å². The van der Waals surface area contributed by atoms with Crippen molar-refractivity contribution in [3.63, 3.8) is 0 Å². The normalized spacial score (nSPS) is 15.9. The van der Waals surface area contributed by atoms with E-state index in [9.17, 15) is 0 Å². The van der Waals surface area contributed by atoms with Crippen LogP contribution in [0.1, 0.15) is 30.9 Å². The van der Waals surface area contributed by atoms with Gasteiger partial charge < -0.3 is 10.5 Å². The average Bonchev–Trinajstić information content (AvgIpc) is 3.21. The molecule has 0 aromatic heterocycles. The van der Waals surface area contributed by atoms with Crippen LogP contribution >= 0.6 is 12.4 Å². The highest BCUT2D eigenvalue weighted by Crippen LogP contribution is 2.37. The summed E-state index contributed by atoms with van der Waals surface area (Å²) in [7, 11) is 1.70. The first-order valence-electron chi connectivity index (χ1n) is 6.59. The van der Waals surface area contributed by atoms with Crippen molar-refractivity contribution in [3.8, 4) is 5.75 Å². The van der Waals surface area contributed by atoms with Crippen LogP contribution in [0.4, 0.5) is 0 Å². The molecule has 0 saturated heterocycles. The van der Waals surface area contributed by atoms with Gasteiger partial charge in [0.15, 0.2) is 0 Å². The molecule has 19 heavy (non-hydrogen) atoms. The Morgan fingerprint density at radius 1 is 1.16 bits per heavy atom. The Balaban J connectivity index is 0.00000133. The summed E-state index contributed by atoms with van der Waals surface area (Å²) < 4.78 is 5.24. The molecule has 0 radical (unpaired) electrons. The van der Waals surface area contributed by atoms with Crippen LogP contribution in [0.2, 0.25) is 0 Å². The van der Waals surface area contributed by atoms with Gasteiger partial charge in [0.1, 0.15) is 5.75 Å². The molecule has 2 nitrogen and oxygen atoms in total. The molecule has 0 aliphatic heterocycles. The number of nitrogens with two attached hydrogens (primary N) is 1. The first-order valence-corrected chi connectivity index (χ1v) is 6.59. The molecule has 0 spiro atoms. The highest BCUT2D eigenvalue weighted by atomic mass is 35.5. The standard InChI is InChI=1S/C16H19NO.ClH/c1-18-15-7-6-12-9-14(5-4-13(12)10-15)16(17)8-11-2-3-11;/h4-7,9-11,16H,2-3,8,17H2,1H3;1H/t16-;/m0./s1. The maximum absolute atomic E-state index is 6.26. The zero-order valence-corrected chi connectivity index (χ0v) is 12.0. The highest BCUT2D eigenvalue weighted by molar-refractivity contribution is 5.85. The van der Waals surface area contributed by atoms with Gasteiger partial charge >= 0.3 is 0 Å². The summed E-state index contributed by atoms with van der Waals surface area (Å²) in [4.78, 5) is 0. The molecular weight excluding hydrogens is 258 g/mol. The van der Waals surface area contributed by atoms with Gasteiger partial charge in [-0.2, -0.15) is 0 Å². The molecule has 1 atom stereocenters. The van der Waals surface area contributed by atoms with E-state index < -0.39 is 0 Å². The second-order valence-corrected chi connectivity index (χ2v) is 5.26. The third kappa shape index (κ3) is 3.20. The van der Waals surface area contributed by atoms with Gasteiger partial charge in [0, 0.05) is 6.04 Å². The van der Waals surface area contributed by atoms with Gasteiger partial charge in [-0.05, 0) is 46.9 Å². The van der Waals surface area contributed by atoms with Crippen molar-refractivity contribution in [2.45, 2.75) is 25.3 Å². The molecule has 0 amide bonds. The quantitative estimate of drug-likeness (QED) is 0.914. The summed E-state index contributed by atoms with van der Waals surface area (Å²) >= 11 is 0. The van der Waals surface area contributed by atoms with E-state index >= 15 is 0 Å². The molecule has 2 aromatic rings.